The maximum atomic E-state index is 12.7. The minimum Gasteiger partial charge on any atom is -0.396 e. The second-order valence-corrected chi connectivity index (χ2v) is 6.45. The van der Waals surface area contributed by atoms with Crippen LogP contribution in [0, 0.1) is 12.8 Å². The van der Waals surface area contributed by atoms with Crippen molar-refractivity contribution in [2.45, 2.75) is 19.8 Å². The van der Waals surface area contributed by atoms with Gasteiger partial charge in [-0.3, -0.25) is 4.79 Å². The predicted molar refractivity (Wildman–Crippen MR) is 89.5 cm³/mol. The maximum Gasteiger partial charge on any atom is 0.274 e. The number of aryl methyl sites for hydroxylation is 1. The smallest absolute Gasteiger partial charge is 0.274 e. The molecule has 0 bridgehead atoms. The van der Waals surface area contributed by atoms with E-state index in [4.69, 9.17) is 11.6 Å². The van der Waals surface area contributed by atoms with Crippen LogP contribution in [0.5, 0.6) is 0 Å². The second-order valence-electron chi connectivity index (χ2n) is 6.01. The lowest BCUT2D eigenvalue weighted by Crippen LogP contribution is -2.41. The van der Waals surface area contributed by atoms with Crippen molar-refractivity contribution in [3.63, 3.8) is 0 Å². The van der Waals surface area contributed by atoms with Crippen molar-refractivity contribution in [3.8, 4) is 11.4 Å². The Labute approximate surface area is 140 Å². The number of rotatable bonds is 3. The zero-order valence-corrected chi connectivity index (χ0v) is 13.8. The quantitative estimate of drug-likeness (QED) is 0.907. The van der Waals surface area contributed by atoms with Crippen molar-refractivity contribution in [2.75, 3.05) is 19.7 Å². The number of benzene rings is 1. The van der Waals surface area contributed by atoms with E-state index in [0.717, 1.165) is 24.1 Å². The van der Waals surface area contributed by atoms with Crippen molar-refractivity contribution in [2.24, 2.45) is 5.92 Å². The number of carbonyl (C=O) groups is 1. The van der Waals surface area contributed by atoms with Gasteiger partial charge in [0, 0.05) is 36.0 Å². The molecule has 1 fully saturated rings. The van der Waals surface area contributed by atoms with Crippen molar-refractivity contribution in [3.05, 3.63) is 40.7 Å². The van der Waals surface area contributed by atoms with Gasteiger partial charge in [0.15, 0.2) is 0 Å². The Hall–Kier alpha value is -1.85. The summed E-state index contributed by atoms with van der Waals surface area (Å²) in [6.07, 6.45) is 1.88. The van der Waals surface area contributed by atoms with Crippen molar-refractivity contribution in [1.82, 2.24) is 14.9 Å². The molecule has 0 aliphatic carbocycles. The lowest BCUT2D eigenvalue weighted by molar-refractivity contribution is 0.0615. The summed E-state index contributed by atoms with van der Waals surface area (Å²) in [5.41, 5.74) is 2.04. The van der Waals surface area contributed by atoms with E-state index in [1.54, 1.807) is 11.0 Å². The molecule has 2 heterocycles. The third-order valence-corrected chi connectivity index (χ3v) is 4.48. The fourth-order valence-corrected chi connectivity index (χ4v) is 3.18. The molecule has 0 spiro atoms. The molecule has 1 aliphatic rings. The van der Waals surface area contributed by atoms with Crippen LogP contribution in [0.4, 0.5) is 0 Å². The lowest BCUT2D eigenvalue weighted by atomic mass is 9.99. The summed E-state index contributed by atoms with van der Waals surface area (Å²) in [4.78, 5) is 22.2. The highest BCUT2D eigenvalue weighted by molar-refractivity contribution is 6.30. The van der Waals surface area contributed by atoms with Gasteiger partial charge in [-0.05, 0) is 37.8 Å². The average molecular weight is 334 g/mol. The van der Waals surface area contributed by atoms with Gasteiger partial charge in [-0.15, -0.1) is 0 Å². The molecule has 1 aliphatic heterocycles. The first kappa shape index (κ1) is 16.0. The number of H-pyrrole nitrogens is 1. The summed E-state index contributed by atoms with van der Waals surface area (Å²) in [6.45, 7) is 3.28. The van der Waals surface area contributed by atoms with Gasteiger partial charge >= 0.3 is 0 Å². The zero-order chi connectivity index (χ0) is 16.4. The average Bonchev–Trinajstić information content (AvgIpc) is 2.96. The topological polar surface area (TPSA) is 69.2 Å². The normalized spacial score (nSPS) is 18.2. The number of likely N-dealkylation sites (tertiary alicyclic amines) is 1. The predicted octanol–water partition coefficient (Wildman–Crippen LogP) is 2.88. The highest BCUT2D eigenvalue weighted by Gasteiger charge is 2.27. The van der Waals surface area contributed by atoms with E-state index in [1.807, 2.05) is 25.1 Å². The lowest BCUT2D eigenvalue weighted by Gasteiger charge is -2.31. The minimum absolute atomic E-state index is 0.0785. The molecule has 1 aromatic heterocycles. The number of amides is 1. The number of aliphatic hydroxyl groups is 1. The van der Waals surface area contributed by atoms with Gasteiger partial charge in [0.1, 0.15) is 11.5 Å². The van der Waals surface area contributed by atoms with Crippen LogP contribution in [-0.2, 0) is 0 Å². The highest BCUT2D eigenvalue weighted by Crippen LogP contribution is 2.23. The Morgan fingerprint density at radius 1 is 1.52 bits per heavy atom. The van der Waals surface area contributed by atoms with Crippen LogP contribution in [0.25, 0.3) is 11.4 Å². The van der Waals surface area contributed by atoms with Gasteiger partial charge in [0.2, 0.25) is 0 Å². The molecule has 3 rings (SSSR count). The number of nitrogens with zero attached hydrogens (tertiary/aromatic N) is 2. The summed E-state index contributed by atoms with van der Waals surface area (Å²) >= 11 is 6.02. The fourth-order valence-electron chi connectivity index (χ4n) is 2.99. The number of piperidine rings is 1. The van der Waals surface area contributed by atoms with Gasteiger partial charge in [0.05, 0.1) is 0 Å². The summed E-state index contributed by atoms with van der Waals surface area (Å²) in [5, 5.41) is 9.95. The summed E-state index contributed by atoms with van der Waals surface area (Å²) in [7, 11) is 0. The monoisotopic (exact) mass is 333 g/mol. The molecule has 1 amide bonds. The molecular weight excluding hydrogens is 314 g/mol. The second kappa shape index (κ2) is 6.72. The van der Waals surface area contributed by atoms with Gasteiger partial charge in [0.25, 0.3) is 5.91 Å². The molecule has 0 radical (unpaired) electrons. The van der Waals surface area contributed by atoms with Gasteiger partial charge in [-0.2, -0.15) is 0 Å². The number of carbonyl (C=O) groups excluding carboxylic acids is 1. The van der Waals surface area contributed by atoms with Crippen LogP contribution < -0.4 is 0 Å². The van der Waals surface area contributed by atoms with Crippen LogP contribution in [0.2, 0.25) is 5.02 Å². The van der Waals surface area contributed by atoms with Crippen LogP contribution in [0.3, 0.4) is 0 Å². The van der Waals surface area contributed by atoms with Crippen molar-refractivity contribution >= 4 is 17.5 Å². The minimum atomic E-state index is -0.0785. The largest absolute Gasteiger partial charge is 0.396 e. The van der Waals surface area contributed by atoms with Crippen LogP contribution in [0.1, 0.15) is 29.0 Å². The Balaban J connectivity index is 1.84. The number of aliphatic hydroxyl groups excluding tert-OH is 1. The van der Waals surface area contributed by atoms with E-state index in [0.29, 0.717) is 29.6 Å². The summed E-state index contributed by atoms with van der Waals surface area (Å²) in [6, 6.07) is 7.38. The summed E-state index contributed by atoms with van der Waals surface area (Å²) in [5.74, 6) is 0.730. The molecule has 122 valence electrons. The number of hydrogen-bond acceptors (Lipinski definition) is 3. The first-order chi connectivity index (χ1) is 11.1. The SMILES string of the molecule is Cc1[nH]c(-c2cccc(Cl)c2)nc1C(=O)N1CCCC(CO)C1. The third-order valence-electron chi connectivity index (χ3n) is 4.25. The molecule has 2 N–H and O–H groups in total. The molecule has 5 nitrogen and oxygen atoms in total. The zero-order valence-electron chi connectivity index (χ0n) is 13.1. The van der Waals surface area contributed by atoms with Gasteiger partial charge < -0.3 is 15.0 Å². The first-order valence-electron chi connectivity index (χ1n) is 7.81. The Kier molecular flexibility index (Phi) is 4.68. The number of imidazole rings is 1. The molecule has 2 aromatic rings. The fraction of sp³-hybridized carbons (Fsp3) is 0.412. The maximum absolute atomic E-state index is 12.7. The number of halogens is 1. The van der Waals surface area contributed by atoms with E-state index in [2.05, 4.69) is 9.97 Å². The van der Waals surface area contributed by atoms with E-state index >= 15 is 0 Å². The summed E-state index contributed by atoms with van der Waals surface area (Å²) < 4.78 is 0. The molecule has 1 unspecified atom stereocenters. The van der Waals surface area contributed by atoms with Gasteiger partial charge in [-0.1, -0.05) is 23.7 Å². The number of aromatic nitrogens is 2. The van der Waals surface area contributed by atoms with Crippen LogP contribution in [0.15, 0.2) is 24.3 Å². The highest BCUT2D eigenvalue weighted by atomic mass is 35.5. The number of aromatic amines is 1. The molecule has 0 saturated carbocycles. The van der Waals surface area contributed by atoms with Crippen molar-refractivity contribution < 1.29 is 9.90 Å². The molecule has 1 atom stereocenters. The molecular formula is C17H20ClN3O2. The Morgan fingerprint density at radius 3 is 3.09 bits per heavy atom. The molecule has 1 aromatic carbocycles. The number of hydrogen-bond donors (Lipinski definition) is 2. The Morgan fingerprint density at radius 2 is 2.35 bits per heavy atom. The molecule has 1 saturated heterocycles. The van der Waals surface area contributed by atoms with Crippen LogP contribution in [-0.4, -0.2) is 45.6 Å². The third kappa shape index (κ3) is 3.41. The standard InChI is InChI=1S/C17H20ClN3O2/c1-11-15(17(23)21-7-3-4-12(9-21)10-22)20-16(19-11)13-5-2-6-14(18)8-13/h2,5-6,8,12,22H,3-4,7,9-10H2,1H3,(H,19,20). The van der Waals surface area contributed by atoms with E-state index in [1.165, 1.54) is 0 Å². The molecule has 23 heavy (non-hydrogen) atoms. The van der Waals surface area contributed by atoms with Gasteiger partial charge in [-0.25, -0.2) is 4.98 Å². The van der Waals surface area contributed by atoms with E-state index in [9.17, 15) is 9.90 Å². The van der Waals surface area contributed by atoms with E-state index in [-0.39, 0.29) is 18.4 Å². The first-order valence-corrected chi connectivity index (χ1v) is 8.19. The number of nitrogens with one attached hydrogen (secondary N) is 1. The van der Waals surface area contributed by atoms with Crippen molar-refractivity contribution in [1.29, 1.82) is 0 Å². The van der Waals surface area contributed by atoms with Crippen LogP contribution >= 0.6 is 11.6 Å². The molecule has 6 heteroatoms. The van der Waals surface area contributed by atoms with E-state index < -0.39 is 0 Å². The Bertz CT molecular complexity index is 714.